The summed E-state index contributed by atoms with van der Waals surface area (Å²) in [5.74, 6) is -0.385. The number of aliphatic hydroxyl groups is 1. The maximum absolute atomic E-state index is 12.1. The third-order valence-corrected chi connectivity index (χ3v) is 7.68. The Hall–Kier alpha value is -3.18. The van der Waals surface area contributed by atoms with Gasteiger partial charge in [-0.3, -0.25) is 9.59 Å². The van der Waals surface area contributed by atoms with Gasteiger partial charge in [0, 0.05) is 55.2 Å². The number of hydrogen-bond donors (Lipinski definition) is 3. The summed E-state index contributed by atoms with van der Waals surface area (Å²) in [6, 6.07) is 15.1. The first kappa shape index (κ1) is 27.8. The molecule has 1 aromatic heterocycles. The largest absolute Gasteiger partial charge is 0.481 e. The van der Waals surface area contributed by atoms with Crippen LogP contribution < -0.4 is 5.32 Å². The number of thioether (sulfide) groups is 1. The quantitative estimate of drug-likeness (QED) is 0.300. The minimum absolute atomic E-state index is 0.0154. The van der Waals surface area contributed by atoms with Gasteiger partial charge in [-0.25, -0.2) is 4.98 Å². The molecule has 1 saturated heterocycles. The molecule has 9 nitrogen and oxygen atoms in total. The summed E-state index contributed by atoms with van der Waals surface area (Å²) < 4.78 is 14.9. The molecular weight excluding hydrogens is 506 g/mol. The number of aryl methyl sites for hydroxylation is 1. The number of benzene rings is 2. The Labute approximate surface area is 226 Å². The molecule has 2 heterocycles. The van der Waals surface area contributed by atoms with Crippen LogP contribution in [0.1, 0.15) is 55.3 Å². The molecule has 1 aliphatic heterocycles. The number of aliphatic hydroxyl groups excluding tert-OH is 1. The molecule has 1 aliphatic rings. The number of carbonyl (C=O) groups excluding carboxylic acids is 1. The number of hydrogen-bond acceptors (Lipinski definition) is 7. The van der Waals surface area contributed by atoms with Crippen LogP contribution in [0.25, 0.3) is 0 Å². The molecule has 202 valence electrons. The van der Waals surface area contributed by atoms with Gasteiger partial charge in [0.15, 0.2) is 11.4 Å². The molecule has 4 rings (SSSR count). The molecule has 3 N–H and O–H groups in total. The van der Waals surface area contributed by atoms with Crippen molar-refractivity contribution in [2.45, 2.75) is 56.4 Å². The number of ether oxygens (including phenoxy) is 2. The van der Waals surface area contributed by atoms with Gasteiger partial charge in [0.25, 0.3) is 0 Å². The molecule has 0 spiro atoms. The topological polar surface area (TPSA) is 123 Å². The highest BCUT2D eigenvalue weighted by molar-refractivity contribution is 7.99. The van der Waals surface area contributed by atoms with E-state index >= 15 is 0 Å². The number of nitrogens with one attached hydrogen (secondary N) is 1. The van der Waals surface area contributed by atoms with Gasteiger partial charge < -0.3 is 29.6 Å². The van der Waals surface area contributed by atoms with E-state index in [9.17, 15) is 14.7 Å². The molecule has 4 atom stereocenters. The fraction of sp³-hybridized carbons (Fsp3) is 0.393. The number of nitrogens with zero attached hydrogens (tertiary/aromatic N) is 2. The molecule has 2 aromatic carbocycles. The van der Waals surface area contributed by atoms with E-state index in [0.717, 1.165) is 21.8 Å². The van der Waals surface area contributed by atoms with Gasteiger partial charge >= 0.3 is 5.97 Å². The van der Waals surface area contributed by atoms with Crippen LogP contribution in [-0.2, 0) is 32.7 Å². The number of aliphatic carboxylic acids is 1. The number of imidazole rings is 1. The Morgan fingerprint density at radius 3 is 2.39 bits per heavy atom. The number of aromatic nitrogens is 2. The van der Waals surface area contributed by atoms with Crippen molar-refractivity contribution in [1.82, 2.24) is 9.55 Å². The number of carboxylic acid groups (broad SMARTS) is 1. The lowest BCUT2D eigenvalue weighted by atomic mass is 9.91. The molecule has 38 heavy (non-hydrogen) atoms. The highest BCUT2D eigenvalue weighted by atomic mass is 32.2. The molecule has 3 aromatic rings. The number of anilines is 1. The Morgan fingerprint density at radius 2 is 1.76 bits per heavy atom. The van der Waals surface area contributed by atoms with Crippen molar-refractivity contribution >= 4 is 29.3 Å². The second-order valence-corrected chi connectivity index (χ2v) is 10.4. The summed E-state index contributed by atoms with van der Waals surface area (Å²) >= 11 is 1.64. The summed E-state index contributed by atoms with van der Waals surface area (Å²) in [5, 5.41) is 21.9. The minimum atomic E-state index is -0.914. The van der Waals surface area contributed by atoms with Crippen LogP contribution in [0.4, 0.5) is 5.69 Å². The average Bonchev–Trinajstić information content (AvgIpc) is 3.33. The van der Waals surface area contributed by atoms with Crippen molar-refractivity contribution in [3.63, 3.8) is 0 Å². The number of carboxylic acids is 1. The fourth-order valence-electron chi connectivity index (χ4n) is 4.30. The van der Waals surface area contributed by atoms with Gasteiger partial charge in [0.1, 0.15) is 0 Å². The van der Waals surface area contributed by atoms with Crippen molar-refractivity contribution in [3.05, 3.63) is 77.6 Å². The molecule has 1 amide bonds. The first-order valence-electron chi connectivity index (χ1n) is 12.6. The molecule has 0 aliphatic carbocycles. The Morgan fingerprint density at radius 1 is 1.05 bits per heavy atom. The Balaban J connectivity index is 1.48. The van der Waals surface area contributed by atoms with E-state index in [2.05, 4.69) is 17.2 Å². The second kappa shape index (κ2) is 13.1. The van der Waals surface area contributed by atoms with E-state index in [1.54, 1.807) is 30.1 Å². The Kier molecular flexibility index (Phi) is 9.57. The van der Waals surface area contributed by atoms with Crippen LogP contribution >= 0.6 is 11.8 Å². The van der Waals surface area contributed by atoms with Gasteiger partial charge in [0.05, 0.1) is 18.8 Å². The maximum Gasteiger partial charge on any atom is 0.303 e. The molecule has 1 fully saturated rings. The standard InChI is InChI=1S/C28H33N3O6S/c1-18-23(17-38-28-29-14-15-31(28)2)36-27(37-26(18)20-8-6-19(16-32)7-9-20)21-10-12-22(13-11-21)30-24(33)4-3-5-25(34)35/h6-15,18,23,26-27,32H,3-5,16-17H2,1-2H3,(H,30,33)(H,34,35). The molecule has 0 radical (unpaired) electrons. The molecule has 4 unspecified atom stereocenters. The van der Waals surface area contributed by atoms with Gasteiger partial charge in [-0.2, -0.15) is 0 Å². The summed E-state index contributed by atoms with van der Waals surface area (Å²) in [7, 11) is 1.96. The van der Waals surface area contributed by atoms with Crippen LogP contribution in [0, 0.1) is 5.92 Å². The highest BCUT2D eigenvalue weighted by Gasteiger charge is 2.38. The van der Waals surface area contributed by atoms with E-state index in [1.165, 1.54) is 0 Å². The zero-order chi connectivity index (χ0) is 27.1. The number of rotatable bonds is 11. The van der Waals surface area contributed by atoms with Crippen molar-refractivity contribution in [2.75, 3.05) is 11.1 Å². The summed E-state index contributed by atoms with van der Waals surface area (Å²) in [4.78, 5) is 27.2. The monoisotopic (exact) mass is 539 g/mol. The van der Waals surface area contributed by atoms with E-state index in [0.29, 0.717) is 17.9 Å². The summed E-state index contributed by atoms with van der Waals surface area (Å²) in [5.41, 5.74) is 3.30. The molecular formula is C28H33N3O6S. The lowest BCUT2D eigenvalue weighted by Crippen LogP contribution is -2.38. The minimum Gasteiger partial charge on any atom is -0.481 e. The lowest BCUT2D eigenvalue weighted by Gasteiger charge is -2.41. The number of amides is 1. The fourth-order valence-corrected chi connectivity index (χ4v) is 5.40. The van der Waals surface area contributed by atoms with Crippen LogP contribution in [0.5, 0.6) is 0 Å². The van der Waals surface area contributed by atoms with Gasteiger partial charge in [-0.1, -0.05) is 55.1 Å². The average molecular weight is 540 g/mol. The van der Waals surface area contributed by atoms with Crippen LogP contribution in [0.15, 0.2) is 66.1 Å². The molecule has 0 bridgehead atoms. The zero-order valence-corrected chi connectivity index (χ0v) is 22.3. The predicted octanol–water partition coefficient (Wildman–Crippen LogP) is 4.69. The van der Waals surface area contributed by atoms with E-state index in [-0.39, 0.29) is 43.5 Å². The van der Waals surface area contributed by atoms with Crippen molar-refractivity contribution in [2.24, 2.45) is 13.0 Å². The van der Waals surface area contributed by atoms with Crippen molar-refractivity contribution in [3.8, 4) is 0 Å². The summed E-state index contributed by atoms with van der Waals surface area (Å²) in [6.07, 6.45) is 3.14. The maximum atomic E-state index is 12.1. The molecule has 10 heteroatoms. The Bertz CT molecular complexity index is 1210. The van der Waals surface area contributed by atoms with Crippen LogP contribution in [0.3, 0.4) is 0 Å². The second-order valence-electron chi connectivity index (χ2n) is 9.37. The zero-order valence-electron chi connectivity index (χ0n) is 21.4. The van der Waals surface area contributed by atoms with Crippen molar-refractivity contribution in [1.29, 1.82) is 0 Å². The van der Waals surface area contributed by atoms with E-state index in [1.807, 2.05) is 54.2 Å². The van der Waals surface area contributed by atoms with Crippen molar-refractivity contribution < 1.29 is 29.3 Å². The first-order valence-corrected chi connectivity index (χ1v) is 13.5. The van der Waals surface area contributed by atoms with E-state index < -0.39 is 12.3 Å². The lowest BCUT2D eigenvalue weighted by molar-refractivity contribution is -0.268. The van der Waals surface area contributed by atoms with E-state index in [4.69, 9.17) is 14.6 Å². The smallest absolute Gasteiger partial charge is 0.303 e. The predicted molar refractivity (Wildman–Crippen MR) is 143 cm³/mol. The van der Waals surface area contributed by atoms with Gasteiger partial charge in [-0.05, 0) is 29.7 Å². The van der Waals surface area contributed by atoms with Crippen LogP contribution in [0.2, 0.25) is 0 Å². The van der Waals surface area contributed by atoms with Gasteiger partial charge in [-0.15, -0.1) is 0 Å². The van der Waals surface area contributed by atoms with Crippen LogP contribution in [-0.4, -0.2) is 43.5 Å². The third kappa shape index (κ3) is 7.22. The van der Waals surface area contributed by atoms with Gasteiger partial charge in [0.2, 0.25) is 5.91 Å². The normalized spacial score (nSPS) is 21.2. The summed E-state index contributed by atoms with van der Waals surface area (Å²) in [6.45, 7) is 2.10. The first-order chi connectivity index (χ1) is 18.3. The SMILES string of the molecule is CC1C(CSc2nccn2C)OC(c2ccc(NC(=O)CCCC(=O)O)cc2)OC1c1ccc(CO)cc1. The number of carbonyl (C=O) groups is 2. The third-order valence-electron chi connectivity index (χ3n) is 6.54. The molecule has 0 saturated carbocycles. The highest BCUT2D eigenvalue weighted by Crippen LogP contribution is 2.43.